The highest BCUT2D eigenvalue weighted by atomic mass is 79.9. The molecule has 0 atom stereocenters. The Hall–Kier alpha value is -1.16. The summed E-state index contributed by atoms with van der Waals surface area (Å²) in [6.07, 6.45) is 1.61. The fourth-order valence-electron chi connectivity index (χ4n) is 1.05. The predicted octanol–water partition coefficient (Wildman–Crippen LogP) is 2.81. The fourth-order valence-corrected chi connectivity index (χ4v) is 1.55. The molecular formula is C9H7BrN2O. The van der Waals surface area contributed by atoms with E-state index in [2.05, 4.69) is 25.9 Å². The largest absolute Gasteiger partial charge is 0.461 e. The van der Waals surface area contributed by atoms with Crippen LogP contribution in [-0.2, 0) is 0 Å². The average Bonchev–Trinajstić information content (AvgIpc) is 2.53. The summed E-state index contributed by atoms with van der Waals surface area (Å²) in [6, 6.07) is 5.50. The summed E-state index contributed by atoms with van der Waals surface area (Å²) >= 11 is 3.31. The molecule has 66 valence electrons. The Morgan fingerprint density at radius 2 is 2.23 bits per heavy atom. The number of rotatable bonds is 1. The van der Waals surface area contributed by atoms with Crippen molar-refractivity contribution in [3.63, 3.8) is 0 Å². The van der Waals surface area contributed by atoms with Gasteiger partial charge in [0.25, 0.3) is 0 Å². The number of aromatic nitrogens is 2. The molecule has 2 aromatic heterocycles. The van der Waals surface area contributed by atoms with Gasteiger partial charge in [0.15, 0.2) is 11.6 Å². The molecule has 0 N–H and O–H groups in total. The second-order valence-electron chi connectivity index (χ2n) is 2.63. The van der Waals surface area contributed by atoms with Gasteiger partial charge in [-0.15, -0.1) is 0 Å². The first-order valence-electron chi connectivity index (χ1n) is 3.81. The lowest BCUT2D eigenvalue weighted by Gasteiger charge is -1.97. The molecule has 13 heavy (non-hydrogen) atoms. The van der Waals surface area contributed by atoms with Crippen LogP contribution < -0.4 is 0 Å². The van der Waals surface area contributed by atoms with Crippen molar-refractivity contribution in [2.45, 2.75) is 6.92 Å². The van der Waals surface area contributed by atoms with Crippen molar-refractivity contribution in [2.75, 3.05) is 0 Å². The molecule has 2 aromatic rings. The highest BCUT2D eigenvalue weighted by Crippen LogP contribution is 2.18. The predicted molar refractivity (Wildman–Crippen MR) is 52.2 cm³/mol. The Bertz CT molecular complexity index is 391. The second-order valence-corrected chi connectivity index (χ2v) is 3.45. The molecule has 0 amide bonds. The van der Waals surface area contributed by atoms with E-state index in [1.54, 1.807) is 6.26 Å². The van der Waals surface area contributed by atoms with Gasteiger partial charge in [0.05, 0.1) is 6.26 Å². The molecule has 0 spiro atoms. The fraction of sp³-hybridized carbons (Fsp3) is 0.111. The van der Waals surface area contributed by atoms with Crippen molar-refractivity contribution < 1.29 is 4.42 Å². The molecule has 0 radical (unpaired) electrons. The Labute approximate surface area is 84.0 Å². The van der Waals surface area contributed by atoms with Crippen LogP contribution in [0.2, 0.25) is 0 Å². The monoisotopic (exact) mass is 238 g/mol. The van der Waals surface area contributed by atoms with Gasteiger partial charge in [-0.05, 0) is 41.1 Å². The first-order chi connectivity index (χ1) is 6.25. The highest BCUT2D eigenvalue weighted by Gasteiger charge is 2.05. The number of aryl methyl sites for hydroxylation is 1. The molecule has 2 rings (SSSR count). The number of furan rings is 1. The van der Waals surface area contributed by atoms with Crippen LogP contribution in [0.3, 0.4) is 0 Å². The van der Waals surface area contributed by atoms with Crippen molar-refractivity contribution in [2.24, 2.45) is 0 Å². The van der Waals surface area contributed by atoms with Gasteiger partial charge in [-0.3, -0.25) is 0 Å². The highest BCUT2D eigenvalue weighted by molar-refractivity contribution is 9.10. The SMILES string of the molecule is Cc1cc(Br)nc(-c2ccco2)n1. The molecule has 0 bridgehead atoms. The van der Waals surface area contributed by atoms with E-state index in [1.165, 1.54) is 0 Å². The van der Waals surface area contributed by atoms with Gasteiger partial charge in [0, 0.05) is 5.69 Å². The average molecular weight is 239 g/mol. The Morgan fingerprint density at radius 3 is 2.85 bits per heavy atom. The van der Waals surface area contributed by atoms with E-state index in [1.807, 2.05) is 25.1 Å². The summed E-state index contributed by atoms with van der Waals surface area (Å²) < 4.78 is 5.95. The minimum Gasteiger partial charge on any atom is -0.461 e. The Kier molecular flexibility index (Phi) is 2.14. The van der Waals surface area contributed by atoms with Crippen LogP contribution in [0, 0.1) is 6.92 Å². The number of hydrogen-bond donors (Lipinski definition) is 0. The Morgan fingerprint density at radius 1 is 1.38 bits per heavy atom. The van der Waals surface area contributed by atoms with Gasteiger partial charge in [0.2, 0.25) is 0 Å². The minimum atomic E-state index is 0.608. The zero-order valence-corrected chi connectivity index (χ0v) is 8.58. The summed E-state index contributed by atoms with van der Waals surface area (Å²) in [4.78, 5) is 8.43. The molecule has 0 saturated heterocycles. The molecule has 0 aliphatic heterocycles. The third-order valence-electron chi connectivity index (χ3n) is 1.56. The van der Waals surface area contributed by atoms with Crippen molar-refractivity contribution in [1.29, 1.82) is 0 Å². The van der Waals surface area contributed by atoms with Gasteiger partial charge in [-0.1, -0.05) is 0 Å². The third kappa shape index (κ3) is 1.78. The topological polar surface area (TPSA) is 38.9 Å². The molecule has 0 aromatic carbocycles. The van der Waals surface area contributed by atoms with Crippen molar-refractivity contribution >= 4 is 15.9 Å². The molecule has 4 heteroatoms. The van der Waals surface area contributed by atoms with E-state index in [0.717, 1.165) is 10.3 Å². The smallest absolute Gasteiger partial charge is 0.196 e. The number of hydrogen-bond acceptors (Lipinski definition) is 3. The van der Waals surface area contributed by atoms with Crippen molar-refractivity contribution in [1.82, 2.24) is 9.97 Å². The standard InChI is InChI=1S/C9H7BrN2O/c1-6-5-8(10)12-9(11-6)7-3-2-4-13-7/h2-5H,1H3. The maximum absolute atomic E-state index is 5.18. The van der Waals surface area contributed by atoms with Crippen molar-refractivity contribution in [3.05, 3.63) is 34.8 Å². The third-order valence-corrected chi connectivity index (χ3v) is 1.97. The van der Waals surface area contributed by atoms with Crippen LogP contribution in [0.5, 0.6) is 0 Å². The molecule has 3 nitrogen and oxygen atoms in total. The summed E-state index contributed by atoms with van der Waals surface area (Å²) in [5.74, 6) is 1.29. The number of halogens is 1. The van der Waals surface area contributed by atoms with Crippen LogP contribution in [0.4, 0.5) is 0 Å². The quantitative estimate of drug-likeness (QED) is 0.718. The summed E-state index contributed by atoms with van der Waals surface area (Å²) in [5.41, 5.74) is 0.910. The molecule has 0 unspecified atom stereocenters. The summed E-state index contributed by atoms with van der Waals surface area (Å²) in [6.45, 7) is 1.92. The van der Waals surface area contributed by atoms with Crippen molar-refractivity contribution in [3.8, 4) is 11.6 Å². The van der Waals surface area contributed by atoms with Gasteiger partial charge >= 0.3 is 0 Å². The van der Waals surface area contributed by atoms with Gasteiger partial charge < -0.3 is 4.42 Å². The molecule has 0 aliphatic rings. The van der Waals surface area contributed by atoms with Crippen LogP contribution in [0.15, 0.2) is 33.5 Å². The molecule has 0 fully saturated rings. The van der Waals surface area contributed by atoms with E-state index in [-0.39, 0.29) is 0 Å². The normalized spacial score (nSPS) is 10.3. The van der Waals surface area contributed by atoms with E-state index in [4.69, 9.17) is 4.42 Å². The zero-order valence-electron chi connectivity index (χ0n) is 6.99. The summed E-state index contributed by atoms with van der Waals surface area (Å²) in [7, 11) is 0. The van der Waals surface area contributed by atoms with Crippen LogP contribution in [0.25, 0.3) is 11.6 Å². The van der Waals surface area contributed by atoms with E-state index < -0.39 is 0 Å². The number of nitrogens with zero attached hydrogens (tertiary/aromatic N) is 2. The molecular weight excluding hydrogens is 232 g/mol. The first-order valence-corrected chi connectivity index (χ1v) is 4.60. The van der Waals surface area contributed by atoms with Gasteiger partial charge in [-0.25, -0.2) is 9.97 Å². The minimum absolute atomic E-state index is 0.608. The van der Waals surface area contributed by atoms with Crippen LogP contribution in [-0.4, -0.2) is 9.97 Å². The zero-order chi connectivity index (χ0) is 9.26. The van der Waals surface area contributed by atoms with E-state index in [0.29, 0.717) is 11.6 Å². The molecule has 0 saturated carbocycles. The first kappa shape index (κ1) is 8.44. The molecule has 2 heterocycles. The van der Waals surface area contributed by atoms with Gasteiger partial charge in [-0.2, -0.15) is 0 Å². The summed E-state index contributed by atoms with van der Waals surface area (Å²) in [5, 5.41) is 0. The van der Waals surface area contributed by atoms with E-state index >= 15 is 0 Å². The van der Waals surface area contributed by atoms with Gasteiger partial charge in [0.1, 0.15) is 4.60 Å². The van der Waals surface area contributed by atoms with Crippen LogP contribution in [0.1, 0.15) is 5.69 Å². The van der Waals surface area contributed by atoms with E-state index in [9.17, 15) is 0 Å². The maximum Gasteiger partial charge on any atom is 0.196 e. The second kappa shape index (κ2) is 3.30. The molecule has 0 aliphatic carbocycles. The lowest BCUT2D eigenvalue weighted by molar-refractivity contribution is 0.576. The maximum atomic E-state index is 5.18. The van der Waals surface area contributed by atoms with Crippen LogP contribution >= 0.6 is 15.9 Å². The lowest BCUT2D eigenvalue weighted by atomic mass is 10.4. The Balaban J connectivity index is 2.53. The lowest BCUT2D eigenvalue weighted by Crippen LogP contribution is -1.90.